The average molecular weight is 639 g/mol. The number of amides is 2. The fourth-order valence-electron chi connectivity index (χ4n) is 9.30. The quantitative estimate of drug-likeness (QED) is 0.300. The first-order valence-corrected chi connectivity index (χ1v) is 17.4. The van der Waals surface area contributed by atoms with E-state index in [4.69, 9.17) is 9.47 Å². The molecule has 4 bridgehead atoms. The van der Waals surface area contributed by atoms with Gasteiger partial charge in [0.05, 0.1) is 18.8 Å². The summed E-state index contributed by atoms with van der Waals surface area (Å²) in [5.74, 6) is 3.13. The highest BCUT2D eigenvalue weighted by atomic mass is 16.7. The van der Waals surface area contributed by atoms with Crippen LogP contribution in [0.3, 0.4) is 0 Å². The summed E-state index contributed by atoms with van der Waals surface area (Å²) >= 11 is 0. The van der Waals surface area contributed by atoms with E-state index in [-0.39, 0.29) is 30.4 Å². The summed E-state index contributed by atoms with van der Waals surface area (Å²) in [6.45, 7) is 4.37. The Morgan fingerprint density at radius 1 is 0.830 bits per heavy atom. The van der Waals surface area contributed by atoms with E-state index in [9.17, 15) is 9.90 Å². The van der Waals surface area contributed by atoms with Crippen LogP contribution < -0.4 is 15.5 Å². The molecule has 2 aliphatic heterocycles. The molecule has 47 heavy (non-hydrogen) atoms. The van der Waals surface area contributed by atoms with Crippen LogP contribution in [0.1, 0.15) is 74.0 Å². The van der Waals surface area contributed by atoms with E-state index in [2.05, 4.69) is 30.4 Å². The van der Waals surface area contributed by atoms with Crippen LogP contribution in [-0.4, -0.2) is 70.4 Å². The van der Waals surface area contributed by atoms with Gasteiger partial charge in [-0.3, -0.25) is 4.90 Å². The monoisotopic (exact) mass is 638 g/mol. The topological polar surface area (TPSA) is 112 Å². The Hall–Kier alpha value is -3.57. The van der Waals surface area contributed by atoms with Crippen molar-refractivity contribution in [2.75, 3.05) is 42.9 Å². The third kappa shape index (κ3) is 6.88. The Balaban J connectivity index is 0.921. The molecule has 2 saturated heterocycles. The van der Waals surface area contributed by atoms with Gasteiger partial charge >= 0.3 is 6.03 Å². The number of aromatic nitrogens is 2. The normalized spacial score (nSPS) is 31.9. The van der Waals surface area contributed by atoms with Crippen molar-refractivity contribution in [1.82, 2.24) is 20.2 Å². The van der Waals surface area contributed by atoms with Gasteiger partial charge in [-0.05, 0) is 85.6 Å². The number of nitrogens with one attached hydrogen (secondary N) is 2. The number of ether oxygens (including phenoxy) is 2. The molecule has 1 aromatic heterocycles. The fraction of sp³-hybridized carbons (Fsp3) is 0.541. The molecule has 3 aromatic rings. The lowest BCUT2D eigenvalue weighted by molar-refractivity contribution is -0.253. The number of carbonyl (C=O) groups excluding carboxylic acids is 1. The van der Waals surface area contributed by atoms with Gasteiger partial charge in [-0.15, -0.1) is 0 Å². The Labute approximate surface area is 276 Å². The minimum Gasteiger partial charge on any atom is -0.392 e. The maximum absolute atomic E-state index is 13.2. The lowest BCUT2D eigenvalue weighted by atomic mass is 9.53. The lowest BCUT2D eigenvalue weighted by Crippen LogP contribution is -2.60. The van der Waals surface area contributed by atoms with E-state index in [1.807, 2.05) is 54.6 Å². The SMILES string of the molecule is O=C(Nc1ccc([C@H]2O[C@@H](CN3CCN(c4ncccn4)CC3)C[C@@H](c3ccc(CO)cc3)O2)cc1)NC12CC3CC(CC(C3)C1)C2. The summed E-state index contributed by atoms with van der Waals surface area (Å²) in [5.41, 5.74) is 3.62. The number of carbonyl (C=O) groups is 1. The Bertz CT molecular complexity index is 1480. The number of hydrogen-bond acceptors (Lipinski definition) is 8. The van der Waals surface area contributed by atoms with Crippen molar-refractivity contribution >= 4 is 17.7 Å². The van der Waals surface area contributed by atoms with Crippen molar-refractivity contribution in [1.29, 1.82) is 0 Å². The smallest absolute Gasteiger partial charge is 0.319 e. The first-order valence-electron chi connectivity index (χ1n) is 17.4. The second-order valence-electron chi connectivity index (χ2n) is 14.6. The van der Waals surface area contributed by atoms with Crippen LogP contribution in [0.5, 0.6) is 0 Å². The average Bonchev–Trinajstić information content (AvgIpc) is 3.08. The summed E-state index contributed by atoms with van der Waals surface area (Å²) in [5, 5.41) is 16.1. The van der Waals surface area contributed by atoms with Gasteiger partial charge in [0.2, 0.25) is 5.95 Å². The van der Waals surface area contributed by atoms with Gasteiger partial charge in [0.15, 0.2) is 6.29 Å². The molecular weight excluding hydrogens is 592 g/mol. The van der Waals surface area contributed by atoms with Crippen molar-refractivity contribution in [3.63, 3.8) is 0 Å². The molecule has 4 saturated carbocycles. The van der Waals surface area contributed by atoms with E-state index in [1.54, 1.807) is 12.4 Å². The minimum atomic E-state index is -0.537. The number of anilines is 2. The predicted octanol–water partition coefficient (Wildman–Crippen LogP) is 5.43. The van der Waals surface area contributed by atoms with Gasteiger partial charge in [-0.1, -0.05) is 36.4 Å². The Kier molecular flexibility index (Phi) is 8.60. The number of aliphatic hydroxyl groups excluding tert-OH is 1. The predicted molar refractivity (Wildman–Crippen MR) is 179 cm³/mol. The van der Waals surface area contributed by atoms with E-state index >= 15 is 0 Å². The van der Waals surface area contributed by atoms with Crippen LogP contribution in [0.15, 0.2) is 67.0 Å². The van der Waals surface area contributed by atoms with Crippen molar-refractivity contribution in [3.05, 3.63) is 83.7 Å². The summed E-state index contributed by atoms with van der Waals surface area (Å²) in [6.07, 6.45) is 11.1. The Morgan fingerprint density at radius 3 is 2.11 bits per heavy atom. The van der Waals surface area contributed by atoms with Crippen LogP contribution >= 0.6 is 0 Å². The molecule has 0 spiro atoms. The minimum absolute atomic E-state index is 0.0150. The summed E-state index contributed by atoms with van der Waals surface area (Å²) in [6, 6.07) is 17.6. The summed E-state index contributed by atoms with van der Waals surface area (Å²) in [7, 11) is 0. The van der Waals surface area contributed by atoms with Gasteiger partial charge in [-0.2, -0.15) is 0 Å². The van der Waals surface area contributed by atoms with Gasteiger partial charge in [0, 0.05) is 68.3 Å². The van der Waals surface area contributed by atoms with Crippen LogP contribution in [0, 0.1) is 17.8 Å². The van der Waals surface area contributed by atoms with Crippen molar-refractivity contribution in [3.8, 4) is 0 Å². The number of rotatable bonds is 8. The summed E-state index contributed by atoms with van der Waals surface area (Å²) in [4.78, 5) is 26.7. The molecule has 2 aromatic carbocycles. The van der Waals surface area contributed by atoms with Gasteiger partial charge in [-0.25, -0.2) is 14.8 Å². The third-order valence-corrected chi connectivity index (χ3v) is 11.1. The molecule has 10 heteroatoms. The summed E-state index contributed by atoms with van der Waals surface area (Å²) < 4.78 is 13.2. The zero-order chi connectivity index (χ0) is 31.8. The molecule has 0 radical (unpaired) electrons. The maximum atomic E-state index is 13.2. The van der Waals surface area contributed by atoms with Gasteiger partial charge in [0.1, 0.15) is 0 Å². The second-order valence-corrected chi connectivity index (χ2v) is 14.6. The van der Waals surface area contributed by atoms with E-state index in [1.165, 1.54) is 19.3 Å². The molecule has 6 fully saturated rings. The first kappa shape index (κ1) is 30.7. The molecule has 3 heterocycles. The van der Waals surface area contributed by atoms with Crippen molar-refractivity contribution in [2.24, 2.45) is 17.8 Å². The number of benzene rings is 2. The lowest BCUT2D eigenvalue weighted by Gasteiger charge is -2.56. The molecule has 6 aliphatic rings. The highest BCUT2D eigenvalue weighted by molar-refractivity contribution is 5.89. The van der Waals surface area contributed by atoms with Crippen molar-refractivity contribution in [2.45, 2.75) is 75.6 Å². The van der Waals surface area contributed by atoms with Crippen LogP contribution in [0.4, 0.5) is 16.4 Å². The largest absolute Gasteiger partial charge is 0.392 e. The molecule has 0 unspecified atom stereocenters. The van der Waals surface area contributed by atoms with E-state index in [0.29, 0.717) is 0 Å². The Morgan fingerprint density at radius 2 is 1.47 bits per heavy atom. The molecule has 3 N–H and O–H groups in total. The number of hydrogen-bond donors (Lipinski definition) is 3. The molecule has 3 atom stereocenters. The molecule has 4 aliphatic carbocycles. The van der Waals surface area contributed by atoms with Gasteiger partial charge < -0.3 is 30.1 Å². The van der Waals surface area contributed by atoms with Crippen LogP contribution in [0.25, 0.3) is 0 Å². The van der Waals surface area contributed by atoms with E-state index < -0.39 is 6.29 Å². The highest BCUT2D eigenvalue weighted by Gasteiger charge is 2.51. The zero-order valence-electron chi connectivity index (χ0n) is 27.0. The number of aliphatic hydroxyl groups is 1. The zero-order valence-corrected chi connectivity index (χ0v) is 27.0. The first-order chi connectivity index (χ1) is 23.0. The third-order valence-electron chi connectivity index (χ3n) is 11.1. The number of piperazine rings is 1. The molecule has 10 nitrogen and oxygen atoms in total. The van der Waals surface area contributed by atoms with Gasteiger partial charge in [0.25, 0.3) is 0 Å². The molecular formula is C37H46N6O4. The fourth-order valence-corrected chi connectivity index (χ4v) is 9.30. The van der Waals surface area contributed by atoms with Crippen molar-refractivity contribution < 1.29 is 19.4 Å². The highest BCUT2D eigenvalue weighted by Crippen LogP contribution is 2.55. The second kappa shape index (κ2) is 13.1. The number of nitrogens with zero attached hydrogens (tertiary/aromatic N) is 4. The standard InChI is InChI=1S/C37H46N6O4/c44-24-25-2-4-29(5-3-25)33-19-32(23-42-12-14-43(15-13-42)35-38-10-1-11-39-35)46-34(47-33)30-6-8-31(9-7-30)40-36(45)41-37-20-26-16-27(21-37)18-28(17-26)22-37/h1-11,26-28,32-34,44H,12-24H2,(H2,40,41,45)/t26?,27?,28?,32-,33+,34+,37?/m1/s1. The van der Waals surface area contributed by atoms with Crippen LogP contribution in [0.2, 0.25) is 0 Å². The molecule has 248 valence electrons. The molecule has 9 rings (SSSR count). The maximum Gasteiger partial charge on any atom is 0.319 e. The van der Waals surface area contributed by atoms with Crippen LogP contribution in [-0.2, 0) is 16.1 Å². The molecule has 2 amide bonds. The van der Waals surface area contributed by atoms with E-state index in [0.717, 1.165) is 104 Å². The number of urea groups is 1.